The maximum absolute atomic E-state index is 10.9. The van der Waals surface area contributed by atoms with Crippen LogP contribution in [0.4, 0.5) is 10.5 Å². The third-order valence-corrected chi connectivity index (χ3v) is 1.56. The number of hydrogen-bond acceptors (Lipinski definition) is 7. The number of hydrogen-bond donors (Lipinski definition) is 0. The monoisotopic (exact) mass is 271 g/mol. The van der Waals surface area contributed by atoms with Crippen molar-refractivity contribution >= 4 is 18.3 Å². The molecule has 0 aliphatic heterocycles. The molecule has 0 atom stereocenters. The maximum Gasteiger partial charge on any atom is 0.516 e. The van der Waals surface area contributed by atoms with Crippen LogP contribution in [0.1, 0.15) is 13.8 Å². The van der Waals surface area contributed by atoms with E-state index in [0.29, 0.717) is 0 Å². The fourth-order valence-corrected chi connectivity index (χ4v) is 0.871. The van der Waals surface area contributed by atoms with E-state index in [1.54, 1.807) is 0 Å². The summed E-state index contributed by atoms with van der Waals surface area (Å²) < 4.78 is 13.0. The SMILES string of the molecule is CC.O=COCOC(=O)Oc1ccc([N+](=O)[O-])cc1. The van der Waals surface area contributed by atoms with Gasteiger partial charge in [-0.15, -0.1) is 0 Å². The standard InChI is InChI=1S/C9H7NO7.C2H6/c11-5-15-6-16-9(12)17-8-3-1-7(2-4-8)10(13)14;1-2/h1-5H,6H2;1-2H3. The van der Waals surface area contributed by atoms with Gasteiger partial charge >= 0.3 is 6.16 Å². The summed E-state index contributed by atoms with van der Waals surface area (Å²) in [7, 11) is 0. The highest BCUT2D eigenvalue weighted by atomic mass is 16.8. The molecule has 0 bridgehead atoms. The normalized spacial score (nSPS) is 8.53. The molecule has 0 spiro atoms. The Bertz CT molecular complexity index is 416. The van der Waals surface area contributed by atoms with Gasteiger partial charge in [0.25, 0.3) is 12.2 Å². The Hall–Kier alpha value is -2.64. The molecule has 0 aliphatic carbocycles. The number of carbonyl (C=O) groups is 2. The summed E-state index contributed by atoms with van der Waals surface area (Å²) in [6, 6.07) is 4.81. The molecule has 1 rings (SSSR count). The van der Waals surface area contributed by atoms with E-state index >= 15 is 0 Å². The largest absolute Gasteiger partial charge is 0.516 e. The van der Waals surface area contributed by atoms with Gasteiger partial charge in [-0.1, -0.05) is 13.8 Å². The predicted molar refractivity (Wildman–Crippen MR) is 63.6 cm³/mol. The van der Waals surface area contributed by atoms with Crippen molar-refractivity contribution < 1.29 is 28.7 Å². The van der Waals surface area contributed by atoms with Crippen LogP contribution in [0.3, 0.4) is 0 Å². The lowest BCUT2D eigenvalue weighted by Gasteiger charge is -2.03. The van der Waals surface area contributed by atoms with Crippen LogP contribution >= 0.6 is 0 Å². The second-order valence-electron chi connectivity index (χ2n) is 2.63. The van der Waals surface area contributed by atoms with Gasteiger partial charge in [0, 0.05) is 12.1 Å². The minimum absolute atomic E-state index is 0.0757. The summed E-state index contributed by atoms with van der Waals surface area (Å²) in [5.74, 6) is 0.0757. The number of non-ortho nitro benzene ring substituents is 1. The first kappa shape index (κ1) is 16.4. The maximum atomic E-state index is 10.9. The molecule has 1 aromatic carbocycles. The van der Waals surface area contributed by atoms with Crippen LogP contribution in [0.25, 0.3) is 0 Å². The van der Waals surface area contributed by atoms with Gasteiger partial charge in [0.2, 0.25) is 6.79 Å². The summed E-state index contributed by atoms with van der Waals surface area (Å²) in [6.07, 6.45) is -1.08. The fourth-order valence-electron chi connectivity index (χ4n) is 0.871. The number of rotatable bonds is 5. The summed E-state index contributed by atoms with van der Waals surface area (Å²) in [5, 5.41) is 10.3. The second-order valence-corrected chi connectivity index (χ2v) is 2.63. The third-order valence-electron chi connectivity index (χ3n) is 1.56. The molecule has 8 heteroatoms. The molecule has 0 heterocycles. The summed E-state index contributed by atoms with van der Waals surface area (Å²) >= 11 is 0. The molecule has 104 valence electrons. The van der Waals surface area contributed by atoms with Gasteiger partial charge in [-0.25, -0.2) is 4.79 Å². The Morgan fingerprint density at radius 1 is 1.32 bits per heavy atom. The molecule has 0 saturated carbocycles. The smallest absolute Gasteiger partial charge is 0.430 e. The Kier molecular flexibility index (Phi) is 8.09. The Morgan fingerprint density at radius 3 is 2.37 bits per heavy atom. The molecule has 19 heavy (non-hydrogen) atoms. The van der Waals surface area contributed by atoms with E-state index in [9.17, 15) is 19.7 Å². The van der Waals surface area contributed by atoms with Crippen molar-refractivity contribution in [3.05, 3.63) is 34.4 Å². The van der Waals surface area contributed by atoms with Crippen molar-refractivity contribution in [2.24, 2.45) is 0 Å². The van der Waals surface area contributed by atoms with E-state index < -0.39 is 17.9 Å². The Morgan fingerprint density at radius 2 is 1.89 bits per heavy atom. The fraction of sp³-hybridized carbons (Fsp3) is 0.273. The van der Waals surface area contributed by atoms with E-state index in [1.807, 2.05) is 13.8 Å². The zero-order valence-electron chi connectivity index (χ0n) is 10.4. The number of nitro benzene ring substituents is 1. The van der Waals surface area contributed by atoms with Crippen molar-refractivity contribution in [1.82, 2.24) is 0 Å². The van der Waals surface area contributed by atoms with E-state index in [-0.39, 0.29) is 17.9 Å². The van der Waals surface area contributed by atoms with Crippen molar-refractivity contribution in [2.45, 2.75) is 13.8 Å². The zero-order valence-corrected chi connectivity index (χ0v) is 10.4. The molecule has 0 aromatic heterocycles. The molecule has 0 saturated heterocycles. The van der Waals surface area contributed by atoms with Gasteiger partial charge in [-0.2, -0.15) is 0 Å². The highest BCUT2D eigenvalue weighted by molar-refractivity contribution is 5.63. The minimum Gasteiger partial charge on any atom is -0.430 e. The lowest BCUT2D eigenvalue weighted by atomic mass is 10.3. The van der Waals surface area contributed by atoms with Crippen molar-refractivity contribution in [1.29, 1.82) is 0 Å². The molecule has 8 nitrogen and oxygen atoms in total. The van der Waals surface area contributed by atoms with Crippen molar-refractivity contribution in [3.63, 3.8) is 0 Å². The number of ether oxygens (including phenoxy) is 3. The Balaban J connectivity index is 0.00000154. The first-order valence-corrected chi connectivity index (χ1v) is 5.28. The topological polar surface area (TPSA) is 105 Å². The molecule has 0 amide bonds. The quantitative estimate of drug-likeness (QED) is 0.154. The van der Waals surface area contributed by atoms with Gasteiger partial charge in [0.15, 0.2) is 0 Å². The molecule has 0 radical (unpaired) electrons. The highest BCUT2D eigenvalue weighted by Gasteiger charge is 2.08. The van der Waals surface area contributed by atoms with Gasteiger partial charge < -0.3 is 14.2 Å². The average Bonchev–Trinajstić information content (AvgIpc) is 2.42. The van der Waals surface area contributed by atoms with Gasteiger partial charge in [-0.3, -0.25) is 14.9 Å². The number of carbonyl (C=O) groups excluding carboxylic acids is 2. The first-order valence-electron chi connectivity index (χ1n) is 5.28. The Labute approximate surface area is 109 Å². The van der Waals surface area contributed by atoms with Gasteiger partial charge in [0.05, 0.1) is 4.92 Å². The van der Waals surface area contributed by atoms with Gasteiger partial charge in [0.1, 0.15) is 5.75 Å². The summed E-state index contributed by atoms with van der Waals surface area (Å²) in [5.41, 5.74) is -0.130. The van der Waals surface area contributed by atoms with Crippen molar-refractivity contribution in [2.75, 3.05) is 6.79 Å². The van der Waals surface area contributed by atoms with Crippen LogP contribution in [-0.2, 0) is 14.3 Å². The van der Waals surface area contributed by atoms with Crippen LogP contribution in [-0.4, -0.2) is 24.3 Å². The van der Waals surface area contributed by atoms with Crippen LogP contribution in [0.15, 0.2) is 24.3 Å². The van der Waals surface area contributed by atoms with Crippen LogP contribution in [0.5, 0.6) is 5.75 Å². The molecule has 1 aromatic rings. The lowest BCUT2D eigenvalue weighted by Crippen LogP contribution is -2.12. The van der Waals surface area contributed by atoms with Gasteiger partial charge in [-0.05, 0) is 12.1 Å². The molecule has 0 unspecified atom stereocenters. The average molecular weight is 271 g/mol. The highest BCUT2D eigenvalue weighted by Crippen LogP contribution is 2.17. The van der Waals surface area contributed by atoms with Crippen LogP contribution in [0, 0.1) is 10.1 Å². The van der Waals surface area contributed by atoms with E-state index in [2.05, 4.69) is 14.2 Å². The molecular formula is C11H13NO7. The van der Waals surface area contributed by atoms with Crippen LogP contribution < -0.4 is 4.74 Å². The molecular weight excluding hydrogens is 258 g/mol. The number of benzene rings is 1. The zero-order chi connectivity index (χ0) is 14.7. The second kappa shape index (κ2) is 9.40. The first-order chi connectivity index (χ1) is 9.13. The van der Waals surface area contributed by atoms with Crippen molar-refractivity contribution in [3.8, 4) is 5.75 Å². The molecule has 0 N–H and O–H groups in total. The number of nitro groups is 1. The number of nitrogens with zero attached hydrogens (tertiary/aromatic N) is 1. The summed E-state index contributed by atoms with van der Waals surface area (Å²) in [6.45, 7) is 3.55. The molecule has 0 fully saturated rings. The van der Waals surface area contributed by atoms with E-state index in [1.165, 1.54) is 24.3 Å². The van der Waals surface area contributed by atoms with E-state index in [0.717, 1.165) is 0 Å². The lowest BCUT2D eigenvalue weighted by molar-refractivity contribution is -0.384. The third kappa shape index (κ3) is 6.61. The minimum atomic E-state index is -1.08. The molecule has 0 aliphatic rings. The summed E-state index contributed by atoms with van der Waals surface area (Å²) in [4.78, 5) is 30.4. The predicted octanol–water partition coefficient (Wildman–Crippen LogP) is 2.27. The van der Waals surface area contributed by atoms with E-state index in [4.69, 9.17) is 0 Å². The van der Waals surface area contributed by atoms with Crippen LogP contribution in [0.2, 0.25) is 0 Å².